The highest BCUT2D eigenvalue weighted by Gasteiger charge is 2.13. The van der Waals surface area contributed by atoms with Crippen LogP contribution in [-0.4, -0.2) is 16.4 Å². The Bertz CT molecular complexity index is 707. The van der Waals surface area contributed by atoms with Crippen LogP contribution in [0.3, 0.4) is 0 Å². The molecule has 0 radical (unpaired) electrons. The number of carbonyl (C=O) groups excluding carboxylic acids is 2. The van der Waals surface area contributed by atoms with Crippen LogP contribution in [0, 0.1) is 0 Å². The number of hydrogen-bond donors (Lipinski definition) is 1. The molecule has 1 aromatic heterocycles. The lowest BCUT2D eigenvalue weighted by molar-refractivity contribution is -0.146. The zero-order valence-electron chi connectivity index (χ0n) is 11.4. The van der Waals surface area contributed by atoms with E-state index in [-0.39, 0.29) is 5.56 Å². The fraction of sp³-hybridized carbons (Fsp3) is 0.133. The van der Waals surface area contributed by atoms with E-state index in [1.807, 2.05) is 35.8 Å². The fourth-order valence-electron chi connectivity index (χ4n) is 1.79. The van der Waals surface area contributed by atoms with Gasteiger partial charge < -0.3 is 9.40 Å². The van der Waals surface area contributed by atoms with Crippen molar-refractivity contribution in [1.82, 2.24) is 10.0 Å². The molecule has 0 bridgehead atoms. The molecule has 0 unspecified atom stereocenters. The molecule has 0 saturated heterocycles. The van der Waals surface area contributed by atoms with Gasteiger partial charge in [0, 0.05) is 13.1 Å². The first-order chi connectivity index (χ1) is 10.1. The van der Waals surface area contributed by atoms with Gasteiger partial charge >= 0.3 is 5.97 Å². The Morgan fingerprint density at radius 1 is 1.14 bits per heavy atom. The first kappa shape index (κ1) is 14.5. The predicted octanol–water partition coefficient (Wildman–Crippen LogP) is 1.10. The van der Waals surface area contributed by atoms with Crippen molar-refractivity contribution in [2.75, 3.05) is 0 Å². The minimum Gasteiger partial charge on any atom is -0.341 e. The van der Waals surface area contributed by atoms with Crippen molar-refractivity contribution < 1.29 is 14.4 Å². The second kappa shape index (κ2) is 6.51. The highest BCUT2D eigenvalue weighted by Crippen LogP contribution is 2.01. The van der Waals surface area contributed by atoms with Crippen molar-refractivity contribution in [2.45, 2.75) is 13.5 Å². The van der Waals surface area contributed by atoms with Crippen molar-refractivity contribution in [2.24, 2.45) is 0 Å². The third-order valence-electron chi connectivity index (χ3n) is 2.75. The second-order valence-corrected chi connectivity index (χ2v) is 4.37. The Hall–Kier alpha value is -2.89. The third kappa shape index (κ3) is 3.79. The van der Waals surface area contributed by atoms with Crippen molar-refractivity contribution in [3.8, 4) is 0 Å². The summed E-state index contributed by atoms with van der Waals surface area (Å²) in [5, 5.41) is 0. The van der Waals surface area contributed by atoms with E-state index in [9.17, 15) is 14.4 Å². The molecule has 108 valence electrons. The van der Waals surface area contributed by atoms with Crippen LogP contribution in [-0.2, 0) is 16.2 Å². The van der Waals surface area contributed by atoms with E-state index >= 15 is 0 Å². The molecule has 2 rings (SSSR count). The summed E-state index contributed by atoms with van der Waals surface area (Å²) >= 11 is 0. The Morgan fingerprint density at radius 3 is 2.52 bits per heavy atom. The molecule has 0 fully saturated rings. The molecule has 1 aromatic carbocycles. The molecule has 0 aliphatic heterocycles. The van der Waals surface area contributed by atoms with Gasteiger partial charge in [-0.25, -0.2) is 0 Å². The minimum absolute atomic E-state index is 0.0883. The molecule has 1 heterocycles. The molecule has 1 N–H and O–H groups in total. The lowest BCUT2D eigenvalue weighted by Crippen LogP contribution is -2.33. The minimum atomic E-state index is -0.752. The Kier molecular flexibility index (Phi) is 4.50. The summed E-state index contributed by atoms with van der Waals surface area (Å²) in [6.07, 6.45) is 1.60. The maximum Gasteiger partial charge on any atom is 0.329 e. The van der Waals surface area contributed by atoms with Crippen molar-refractivity contribution in [3.63, 3.8) is 0 Å². The Labute approximate surface area is 120 Å². The monoisotopic (exact) mass is 286 g/mol. The van der Waals surface area contributed by atoms with Crippen LogP contribution in [0.5, 0.6) is 0 Å². The van der Waals surface area contributed by atoms with E-state index in [1.165, 1.54) is 10.6 Å². The lowest BCUT2D eigenvalue weighted by atomic mass is 10.2. The van der Waals surface area contributed by atoms with Gasteiger partial charge in [-0.05, 0) is 17.7 Å². The van der Waals surface area contributed by atoms with E-state index in [0.29, 0.717) is 6.54 Å². The Morgan fingerprint density at radius 2 is 1.86 bits per heavy atom. The molecule has 0 aliphatic carbocycles. The molecule has 2 aromatic rings. The SMILES string of the molecule is CC(=O)ONC(=O)c1cccn(Cc2ccccc2)c1=O. The van der Waals surface area contributed by atoms with Gasteiger partial charge in [0.2, 0.25) is 0 Å². The molecule has 6 nitrogen and oxygen atoms in total. The molecule has 0 saturated carbocycles. The van der Waals surface area contributed by atoms with Gasteiger partial charge in [0.05, 0.1) is 6.54 Å². The van der Waals surface area contributed by atoms with E-state index in [2.05, 4.69) is 4.84 Å². The Balaban J connectivity index is 2.22. The van der Waals surface area contributed by atoms with Crippen molar-refractivity contribution in [3.05, 3.63) is 70.1 Å². The topological polar surface area (TPSA) is 77.4 Å². The maximum atomic E-state index is 12.2. The molecule has 6 heteroatoms. The molecule has 0 spiro atoms. The molecule has 0 atom stereocenters. The number of nitrogens with one attached hydrogen (secondary N) is 1. The number of rotatable bonds is 3. The number of carbonyl (C=O) groups is 2. The van der Waals surface area contributed by atoms with Gasteiger partial charge in [-0.1, -0.05) is 30.3 Å². The average Bonchev–Trinajstić information content (AvgIpc) is 2.48. The first-order valence-corrected chi connectivity index (χ1v) is 6.29. The largest absolute Gasteiger partial charge is 0.341 e. The highest BCUT2D eigenvalue weighted by molar-refractivity contribution is 5.93. The zero-order valence-corrected chi connectivity index (χ0v) is 11.4. The van der Waals surface area contributed by atoms with Crippen LogP contribution in [0.2, 0.25) is 0 Å². The molecule has 21 heavy (non-hydrogen) atoms. The quantitative estimate of drug-likeness (QED) is 0.857. The van der Waals surface area contributed by atoms with Crippen LogP contribution in [0.25, 0.3) is 0 Å². The van der Waals surface area contributed by atoms with E-state index in [4.69, 9.17) is 0 Å². The molecular weight excluding hydrogens is 272 g/mol. The number of pyridine rings is 1. The zero-order chi connectivity index (χ0) is 15.2. The summed E-state index contributed by atoms with van der Waals surface area (Å²) < 4.78 is 1.41. The molecular formula is C15H14N2O4. The smallest absolute Gasteiger partial charge is 0.329 e. The maximum absolute atomic E-state index is 12.2. The van der Waals surface area contributed by atoms with E-state index in [0.717, 1.165) is 12.5 Å². The number of hydrogen-bond acceptors (Lipinski definition) is 4. The highest BCUT2D eigenvalue weighted by atomic mass is 16.7. The van der Waals surface area contributed by atoms with Gasteiger partial charge in [-0.2, -0.15) is 5.48 Å². The van der Waals surface area contributed by atoms with Crippen LogP contribution >= 0.6 is 0 Å². The summed E-state index contributed by atoms with van der Waals surface area (Å²) in [4.78, 5) is 39.0. The van der Waals surface area contributed by atoms with Crippen LogP contribution in [0.1, 0.15) is 22.8 Å². The van der Waals surface area contributed by atoms with Crippen molar-refractivity contribution in [1.29, 1.82) is 0 Å². The van der Waals surface area contributed by atoms with Crippen molar-refractivity contribution >= 4 is 11.9 Å². The van der Waals surface area contributed by atoms with Gasteiger partial charge in [0.15, 0.2) is 0 Å². The molecule has 0 aliphatic rings. The summed E-state index contributed by atoms with van der Waals surface area (Å²) in [6.45, 7) is 1.51. The summed E-state index contributed by atoms with van der Waals surface area (Å²) in [5.41, 5.74) is 2.33. The van der Waals surface area contributed by atoms with E-state index < -0.39 is 17.4 Å². The number of hydroxylamine groups is 1. The van der Waals surface area contributed by atoms with Gasteiger partial charge in [0.1, 0.15) is 5.56 Å². The van der Waals surface area contributed by atoms with E-state index in [1.54, 1.807) is 12.3 Å². The normalized spacial score (nSPS) is 9.95. The molecule has 1 amide bonds. The lowest BCUT2D eigenvalue weighted by Gasteiger charge is -2.08. The number of aromatic nitrogens is 1. The van der Waals surface area contributed by atoms with Crippen LogP contribution < -0.4 is 11.0 Å². The predicted molar refractivity (Wildman–Crippen MR) is 75.5 cm³/mol. The summed E-state index contributed by atoms with van der Waals surface area (Å²) in [7, 11) is 0. The number of nitrogens with zero attached hydrogens (tertiary/aromatic N) is 1. The fourth-order valence-corrected chi connectivity index (χ4v) is 1.79. The average molecular weight is 286 g/mol. The van der Waals surface area contributed by atoms with Gasteiger partial charge in [-0.15, -0.1) is 0 Å². The number of benzene rings is 1. The van der Waals surface area contributed by atoms with Crippen LogP contribution in [0.4, 0.5) is 0 Å². The first-order valence-electron chi connectivity index (χ1n) is 6.29. The van der Waals surface area contributed by atoms with Crippen LogP contribution in [0.15, 0.2) is 53.5 Å². The summed E-state index contributed by atoms with van der Waals surface area (Å²) in [6, 6.07) is 12.4. The van der Waals surface area contributed by atoms with Gasteiger partial charge in [-0.3, -0.25) is 14.4 Å². The van der Waals surface area contributed by atoms with Gasteiger partial charge in [0.25, 0.3) is 11.5 Å². The summed E-state index contributed by atoms with van der Waals surface area (Å²) in [5.74, 6) is -1.42. The third-order valence-corrected chi connectivity index (χ3v) is 2.75. The number of amides is 1. The standard InChI is InChI=1S/C15H14N2O4/c1-11(18)21-16-14(19)13-8-5-9-17(15(13)20)10-12-6-3-2-4-7-12/h2-9H,10H2,1H3,(H,16,19). The second-order valence-electron chi connectivity index (χ2n) is 4.37.